The molecule has 3 aromatic rings. The zero-order chi connectivity index (χ0) is 20.5. The summed E-state index contributed by atoms with van der Waals surface area (Å²) >= 11 is 0. The number of aromatic nitrogens is 1. The van der Waals surface area contributed by atoms with Crippen molar-refractivity contribution in [3.05, 3.63) is 48.0 Å². The average molecular weight is 398 g/mol. The van der Waals surface area contributed by atoms with Gasteiger partial charge in [-0.15, -0.1) is 0 Å². The standard InChI is InChI=1S/C21H23N3O3S/c1-5-27-17-11-12-18-19(14-22)21(23(3)20(18)13-17)15-7-9-16(10-8-15)24(4)28(25,26)6-2/h7-13H,5-6H2,1-4H3. The molecule has 6 nitrogen and oxygen atoms in total. The van der Waals surface area contributed by atoms with Gasteiger partial charge >= 0.3 is 0 Å². The molecule has 28 heavy (non-hydrogen) atoms. The van der Waals surface area contributed by atoms with Gasteiger partial charge < -0.3 is 9.30 Å². The van der Waals surface area contributed by atoms with Crippen LogP contribution in [0.3, 0.4) is 0 Å². The molecule has 146 valence electrons. The normalized spacial score (nSPS) is 11.4. The highest BCUT2D eigenvalue weighted by Gasteiger charge is 2.19. The summed E-state index contributed by atoms with van der Waals surface area (Å²) in [6, 6.07) is 15.2. The molecule has 0 aliphatic heterocycles. The van der Waals surface area contributed by atoms with E-state index in [9.17, 15) is 13.7 Å². The van der Waals surface area contributed by atoms with Gasteiger partial charge in [0.1, 0.15) is 11.8 Å². The molecule has 0 spiro atoms. The predicted molar refractivity (Wildman–Crippen MR) is 112 cm³/mol. The number of fused-ring (bicyclic) bond motifs is 1. The molecule has 3 rings (SSSR count). The van der Waals surface area contributed by atoms with Crippen LogP contribution in [0.5, 0.6) is 5.75 Å². The number of nitriles is 1. The molecular formula is C21H23N3O3S. The van der Waals surface area contributed by atoms with Crippen LogP contribution in [-0.4, -0.2) is 32.4 Å². The van der Waals surface area contributed by atoms with Gasteiger partial charge in [-0.1, -0.05) is 12.1 Å². The Morgan fingerprint density at radius 2 is 1.82 bits per heavy atom. The summed E-state index contributed by atoms with van der Waals surface area (Å²) in [5, 5.41) is 10.6. The molecule has 0 saturated heterocycles. The third kappa shape index (κ3) is 3.32. The summed E-state index contributed by atoms with van der Waals surface area (Å²) in [5.74, 6) is 0.795. The van der Waals surface area contributed by atoms with Crippen molar-refractivity contribution in [3.8, 4) is 23.1 Å². The minimum absolute atomic E-state index is 0.0369. The first-order chi connectivity index (χ1) is 13.3. The third-order valence-corrected chi connectivity index (χ3v) is 6.66. The van der Waals surface area contributed by atoms with Crippen LogP contribution in [0.15, 0.2) is 42.5 Å². The van der Waals surface area contributed by atoms with Crippen LogP contribution in [0, 0.1) is 11.3 Å². The lowest BCUT2D eigenvalue weighted by atomic mass is 10.1. The molecule has 0 N–H and O–H groups in total. The maximum atomic E-state index is 12.1. The Bertz CT molecular complexity index is 1160. The fourth-order valence-corrected chi connectivity index (χ4v) is 4.14. The molecule has 0 unspecified atom stereocenters. The van der Waals surface area contributed by atoms with E-state index in [1.165, 1.54) is 4.31 Å². The monoisotopic (exact) mass is 397 g/mol. The van der Waals surface area contributed by atoms with Crippen LogP contribution in [0.4, 0.5) is 5.69 Å². The Kier molecular flexibility index (Phi) is 5.34. The highest BCUT2D eigenvalue weighted by molar-refractivity contribution is 7.92. The highest BCUT2D eigenvalue weighted by Crippen LogP contribution is 2.35. The highest BCUT2D eigenvalue weighted by atomic mass is 32.2. The van der Waals surface area contributed by atoms with Gasteiger partial charge in [-0.2, -0.15) is 5.26 Å². The van der Waals surface area contributed by atoms with Crippen molar-refractivity contribution in [2.75, 3.05) is 23.7 Å². The molecule has 0 saturated carbocycles. The zero-order valence-corrected chi connectivity index (χ0v) is 17.2. The van der Waals surface area contributed by atoms with Crippen LogP contribution in [-0.2, 0) is 17.1 Å². The smallest absolute Gasteiger partial charge is 0.234 e. The van der Waals surface area contributed by atoms with Crippen molar-refractivity contribution in [2.24, 2.45) is 7.05 Å². The van der Waals surface area contributed by atoms with E-state index < -0.39 is 10.0 Å². The minimum atomic E-state index is -3.32. The van der Waals surface area contributed by atoms with Crippen molar-refractivity contribution >= 4 is 26.6 Å². The number of rotatable bonds is 6. The van der Waals surface area contributed by atoms with Gasteiger partial charge in [-0.3, -0.25) is 4.31 Å². The summed E-state index contributed by atoms with van der Waals surface area (Å²) in [6.45, 7) is 4.12. The molecule has 0 atom stereocenters. The number of ether oxygens (including phenoxy) is 1. The minimum Gasteiger partial charge on any atom is -0.494 e. The number of anilines is 1. The van der Waals surface area contributed by atoms with Crippen molar-refractivity contribution in [2.45, 2.75) is 13.8 Å². The first-order valence-corrected chi connectivity index (χ1v) is 10.7. The van der Waals surface area contributed by atoms with Gasteiger partial charge in [0.05, 0.1) is 34.8 Å². The third-order valence-electron chi connectivity index (χ3n) is 4.88. The molecular weight excluding hydrogens is 374 g/mol. The number of sulfonamides is 1. The second-order valence-corrected chi connectivity index (χ2v) is 8.71. The lowest BCUT2D eigenvalue weighted by Gasteiger charge is -2.18. The number of hydrogen-bond donors (Lipinski definition) is 0. The fraction of sp³-hybridized carbons (Fsp3) is 0.286. The van der Waals surface area contributed by atoms with E-state index in [-0.39, 0.29) is 5.75 Å². The molecule has 0 bridgehead atoms. The van der Waals surface area contributed by atoms with Gasteiger partial charge in [-0.25, -0.2) is 8.42 Å². The van der Waals surface area contributed by atoms with Crippen molar-refractivity contribution in [3.63, 3.8) is 0 Å². The SMILES string of the molecule is CCOc1ccc2c(C#N)c(-c3ccc(N(C)S(=O)(=O)CC)cc3)n(C)c2c1. The zero-order valence-electron chi connectivity index (χ0n) is 16.4. The Morgan fingerprint density at radius 1 is 1.14 bits per heavy atom. The Labute approximate surface area is 165 Å². The van der Waals surface area contributed by atoms with Gasteiger partial charge in [0.15, 0.2) is 0 Å². The van der Waals surface area contributed by atoms with Crippen LogP contribution in [0.1, 0.15) is 19.4 Å². The lowest BCUT2D eigenvalue weighted by Crippen LogP contribution is -2.27. The summed E-state index contributed by atoms with van der Waals surface area (Å²) in [5.41, 5.74) is 3.72. The van der Waals surface area contributed by atoms with E-state index in [2.05, 4.69) is 6.07 Å². The van der Waals surface area contributed by atoms with Gasteiger partial charge in [0, 0.05) is 25.5 Å². The van der Waals surface area contributed by atoms with Crippen LogP contribution < -0.4 is 9.04 Å². The van der Waals surface area contributed by atoms with E-state index in [0.29, 0.717) is 17.9 Å². The molecule has 0 radical (unpaired) electrons. The van der Waals surface area contributed by atoms with Crippen LogP contribution in [0.25, 0.3) is 22.2 Å². The van der Waals surface area contributed by atoms with E-state index in [4.69, 9.17) is 4.74 Å². The van der Waals surface area contributed by atoms with Crippen LogP contribution in [0.2, 0.25) is 0 Å². The largest absolute Gasteiger partial charge is 0.494 e. The molecule has 2 aromatic carbocycles. The van der Waals surface area contributed by atoms with E-state index in [0.717, 1.165) is 27.9 Å². The number of aryl methyl sites for hydroxylation is 1. The van der Waals surface area contributed by atoms with E-state index >= 15 is 0 Å². The first-order valence-electron chi connectivity index (χ1n) is 9.06. The second-order valence-electron chi connectivity index (χ2n) is 6.42. The van der Waals surface area contributed by atoms with Gasteiger partial charge in [0.2, 0.25) is 10.0 Å². The van der Waals surface area contributed by atoms with Crippen molar-refractivity contribution < 1.29 is 13.2 Å². The molecule has 1 aromatic heterocycles. The molecule has 7 heteroatoms. The quantitative estimate of drug-likeness (QED) is 0.632. The molecule has 1 heterocycles. The maximum Gasteiger partial charge on any atom is 0.234 e. The summed E-state index contributed by atoms with van der Waals surface area (Å²) in [6.07, 6.45) is 0. The number of hydrogen-bond acceptors (Lipinski definition) is 4. The first kappa shape index (κ1) is 19.8. The van der Waals surface area contributed by atoms with Gasteiger partial charge in [0.25, 0.3) is 0 Å². The van der Waals surface area contributed by atoms with Crippen molar-refractivity contribution in [1.82, 2.24) is 4.57 Å². The second kappa shape index (κ2) is 7.56. The van der Waals surface area contributed by atoms with E-state index in [1.54, 1.807) is 26.1 Å². The topological polar surface area (TPSA) is 75.3 Å². The number of nitrogens with zero attached hydrogens (tertiary/aromatic N) is 3. The molecule has 0 aliphatic rings. The van der Waals surface area contributed by atoms with Gasteiger partial charge in [-0.05, 0) is 43.7 Å². The summed E-state index contributed by atoms with van der Waals surface area (Å²) in [7, 11) is 0.136. The van der Waals surface area contributed by atoms with Crippen LogP contribution >= 0.6 is 0 Å². The average Bonchev–Trinajstić information content (AvgIpc) is 2.99. The Hall–Kier alpha value is -2.98. The fourth-order valence-electron chi connectivity index (χ4n) is 3.31. The summed E-state index contributed by atoms with van der Waals surface area (Å²) < 4.78 is 33.0. The van der Waals surface area contributed by atoms with Crippen molar-refractivity contribution in [1.29, 1.82) is 5.26 Å². The lowest BCUT2D eigenvalue weighted by molar-refractivity contribution is 0.340. The predicted octanol–water partition coefficient (Wildman–Crippen LogP) is 3.90. The van der Waals surface area contributed by atoms with E-state index in [1.807, 2.05) is 48.9 Å². The number of benzene rings is 2. The molecule has 0 aliphatic carbocycles. The molecule has 0 fully saturated rings. The molecule has 0 amide bonds. The maximum absolute atomic E-state index is 12.1. The Morgan fingerprint density at radius 3 is 2.39 bits per heavy atom. The Balaban J connectivity index is 2.11. The summed E-state index contributed by atoms with van der Waals surface area (Å²) in [4.78, 5) is 0.